The van der Waals surface area contributed by atoms with Gasteiger partial charge in [-0.3, -0.25) is 9.38 Å². The molecule has 0 aliphatic heterocycles. The van der Waals surface area contributed by atoms with Crippen LogP contribution in [0.1, 0.15) is 5.69 Å². The van der Waals surface area contributed by atoms with Gasteiger partial charge in [-0.25, -0.2) is 4.98 Å². The highest BCUT2D eigenvalue weighted by Gasteiger charge is 2.09. The number of rotatable bonds is 2. The largest absolute Gasteiger partial charge is 0.325 e. The van der Waals surface area contributed by atoms with E-state index in [1.54, 1.807) is 6.20 Å². The molecule has 0 saturated heterocycles. The molecule has 18 heavy (non-hydrogen) atoms. The lowest BCUT2D eigenvalue weighted by Gasteiger charge is -2.03. The fourth-order valence-corrected chi connectivity index (χ4v) is 2.17. The van der Waals surface area contributed by atoms with Crippen molar-refractivity contribution in [2.24, 2.45) is 5.73 Å². The molecule has 0 radical (unpaired) electrons. The minimum Gasteiger partial charge on any atom is -0.325 e. The standard InChI is InChI=1S/C13H11ClN4/c14-10-3-1-2-9(6-10)12-8-17-13-11(7-15)16-4-5-18(12)13/h1-6,8H,7,15H2. The minimum atomic E-state index is 0.371. The number of hydrogen-bond donors (Lipinski definition) is 1. The van der Waals surface area contributed by atoms with E-state index in [0.29, 0.717) is 11.6 Å². The van der Waals surface area contributed by atoms with Crippen LogP contribution in [0.4, 0.5) is 0 Å². The maximum Gasteiger partial charge on any atom is 0.160 e. The van der Waals surface area contributed by atoms with E-state index >= 15 is 0 Å². The van der Waals surface area contributed by atoms with Gasteiger partial charge in [-0.1, -0.05) is 23.7 Å². The Morgan fingerprint density at radius 1 is 1.28 bits per heavy atom. The molecule has 90 valence electrons. The van der Waals surface area contributed by atoms with E-state index in [1.165, 1.54) is 0 Å². The number of fused-ring (bicyclic) bond motifs is 1. The van der Waals surface area contributed by atoms with E-state index in [-0.39, 0.29) is 0 Å². The van der Waals surface area contributed by atoms with E-state index in [4.69, 9.17) is 17.3 Å². The number of hydrogen-bond acceptors (Lipinski definition) is 3. The number of benzene rings is 1. The zero-order valence-electron chi connectivity index (χ0n) is 9.55. The summed E-state index contributed by atoms with van der Waals surface area (Å²) >= 11 is 6.01. The predicted molar refractivity (Wildman–Crippen MR) is 71.3 cm³/mol. The van der Waals surface area contributed by atoms with Crippen LogP contribution < -0.4 is 5.73 Å². The molecular weight excluding hydrogens is 248 g/mol. The third-order valence-electron chi connectivity index (χ3n) is 2.81. The molecule has 0 amide bonds. The van der Waals surface area contributed by atoms with Crippen LogP contribution in [-0.4, -0.2) is 14.4 Å². The molecule has 0 aliphatic rings. The maximum absolute atomic E-state index is 6.01. The van der Waals surface area contributed by atoms with Gasteiger partial charge in [-0.15, -0.1) is 0 Å². The second-order valence-electron chi connectivity index (χ2n) is 3.93. The number of imidazole rings is 1. The molecule has 5 heteroatoms. The molecule has 0 spiro atoms. The van der Waals surface area contributed by atoms with Crippen LogP contribution in [0, 0.1) is 0 Å². The molecule has 0 fully saturated rings. The van der Waals surface area contributed by atoms with Crippen molar-refractivity contribution in [3.8, 4) is 11.3 Å². The van der Waals surface area contributed by atoms with E-state index in [9.17, 15) is 0 Å². The number of nitrogens with zero attached hydrogens (tertiary/aromatic N) is 3. The lowest BCUT2D eigenvalue weighted by Crippen LogP contribution is -2.03. The molecular formula is C13H11ClN4. The highest BCUT2D eigenvalue weighted by molar-refractivity contribution is 6.30. The van der Waals surface area contributed by atoms with Crippen LogP contribution in [-0.2, 0) is 6.54 Å². The first kappa shape index (κ1) is 11.2. The van der Waals surface area contributed by atoms with Gasteiger partial charge in [-0.05, 0) is 12.1 Å². The fraction of sp³-hybridized carbons (Fsp3) is 0.0769. The quantitative estimate of drug-likeness (QED) is 0.768. The van der Waals surface area contributed by atoms with Crippen LogP contribution in [0.3, 0.4) is 0 Å². The Morgan fingerprint density at radius 3 is 2.94 bits per heavy atom. The fourth-order valence-electron chi connectivity index (χ4n) is 1.98. The highest BCUT2D eigenvalue weighted by atomic mass is 35.5. The molecule has 3 rings (SSSR count). The zero-order valence-corrected chi connectivity index (χ0v) is 10.3. The Morgan fingerprint density at radius 2 is 2.17 bits per heavy atom. The molecule has 4 nitrogen and oxygen atoms in total. The van der Waals surface area contributed by atoms with Crippen LogP contribution in [0.15, 0.2) is 42.9 Å². The molecule has 0 saturated carbocycles. The van der Waals surface area contributed by atoms with E-state index in [0.717, 1.165) is 22.6 Å². The van der Waals surface area contributed by atoms with E-state index in [1.807, 2.05) is 41.1 Å². The van der Waals surface area contributed by atoms with Crippen molar-refractivity contribution < 1.29 is 0 Å². The topological polar surface area (TPSA) is 56.2 Å². The van der Waals surface area contributed by atoms with Gasteiger partial charge in [0.15, 0.2) is 5.65 Å². The van der Waals surface area contributed by atoms with Crippen LogP contribution in [0.25, 0.3) is 16.9 Å². The zero-order chi connectivity index (χ0) is 12.5. The predicted octanol–water partition coefficient (Wildman–Crippen LogP) is 2.51. The summed E-state index contributed by atoms with van der Waals surface area (Å²) in [5.41, 5.74) is 9.22. The minimum absolute atomic E-state index is 0.371. The molecule has 2 heterocycles. The highest BCUT2D eigenvalue weighted by Crippen LogP contribution is 2.24. The van der Waals surface area contributed by atoms with Gasteiger partial charge in [0.1, 0.15) is 0 Å². The SMILES string of the molecule is NCc1nccn2c(-c3cccc(Cl)c3)cnc12. The normalized spacial score (nSPS) is 11.0. The first-order valence-electron chi connectivity index (χ1n) is 5.56. The van der Waals surface area contributed by atoms with Gasteiger partial charge in [0, 0.05) is 29.5 Å². The summed E-state index contributed by atoms with van der Waals surface area (Å²) in [7, 11) is 0. The lowest BCUT2D eigenvalue weighted by molar-refractivity contribution is 0.963. The van der Waals surface area contributed by atoms with Crippen LogP contribution in [0.2, 0.25) is 5.02 Å². The van der Waals surface area contributed by atoms with Crippen molar-refractivity contribution in [1.29, 1.82) is 0 Å². The molecule has 0 atom stereocenters. The van der Waals surface area contributed by atoms with E-state index in [2.05, 4.69) is 9.97 Å². The summed E-state index contributed by atoms with van der Waals surface area (Å²) < 4.78 is 1.97. The Balaban J connectivity index is 2.25. The molecule has 3 aromatic rings. The lowest BCUT2D eigenvalue weighted by atomic mass is 10.2. The number of aromatic nitrogens is 3. The first-order chi connectivity index (χ1) is 8.79. The molecule has 0 unspecified atom stereocenters. The Hall–Kier alpha value is -1.91. The summed E-state index contributed by atoms with van der Waals surface area (Å²) in [4.78, 5) is 8.59. The average molecular weight is 259 g/mol. The smallest absolute Gasteiger partial charge is 0.160 e. The Bertz CT molecular complexity index is 705. The van der Waals surface area contributed by atoms with Gasteiger partial charge >= 0.3 is 0 Å². The van der Waals surface area contributed by atoms with Gasteiger partial charge < -0.3 is 5.73 Å². The Kier molecular flexibility index (Phi) is 2.74. The second-order valence-corrected chi connectivity index (χ2v) is 4.36. The van der Waals surface area contributed by atoms with E-state index < -0.39 is 0 Å². The number of halogens is 1. The monoisotopic (exact) mass is 258 g/mol. The van der Waals surface area contributed by atoms with Crippen molar-refractivity contribution in [1.82, 2.24) is 14.4 Å². The Labute approximate surface area is 109 Å². The molecule has 0 bridgehead atoms. The third-order valence-corrected chi connectivity index (χ3v) is 3.05. The maximum atomic E-state index is 6.01. The number of nitrogens with two attached hydrogens (primary N) is 1. The van der Waals surface area contributed by atoms with Crippen molar-refractivity contribution in [3.05, 3.63) is 53.6 Å². The summed E-state index contributed by atoms with van der Waals surface area (Å²) in [6, 6.07) is 7.68. The second kappa shape index (κ2) is 4.40. The molecule has 2 aromatic heterocycles. The van der Waals surface area contributed by atoms with Gasteiger partial charge in [0.25, 0.3) is 0 Å². The molecule has 0 aliphatic carbocycles. The van der Waals surface area contributed by atoms with Gasteiger partial charge in [0.2, 0.25) is 0 Å². The average Bonchev–Trinajstić information content (AvgIpc) is 2.82. The van der Waals surface area contributed by atoms with Crippen molar-refractivity contribution in [2.75, 3.05) is 0 Å². The van der Waals surface area contributed by atoms with Crippen molar-refractivity contribution in [2.45, 2.75) is 6.54 Å². The molecule has 1 aromatic carbocycles. The van der Waals surface area contributed by atoms with Crippen molar-refractivity contribution in [3.63, 3.8) is 0 Å². The third kappa shape index (κ3) is 1.75. The summed E-state index contributed by atoms with van der Waals surface area (Å²) in [5, 5.41) is 0.704. The summed E-state index contributed by atoms with van der Waals surface area (Å²) in [6.07, 6.45) is 5.41. The summed E-state index contributed by atoms with van der Waals surface area (Å²) in [6.45, 7) is 0.371. The van der Waals surface area contributed by atoms with Gasteiger partial charge in [-0.2, -0.15) is 0 Å². The van der Waals surface area contributed by atoms with Crippen molar-refractivity contribution >= 4 is 17.2 Å². The van der Waals surface area contributed by atoms with Gasteiger partial charge in [0.05, 0.1) is 17.6 Å². The summed E-state index contributed by atoms with van der Waals surface area (Å²) in [5.74, 6) is 0. The van der Waals surface area contributed by atoms with Crippen LogP contribution in [0.5, 0.6) is 0 Å². The molecule has 2 N–H and O–H groups in total. The van der Waals surface area contributed by atoms with Crippen LogP contribution >= 0.6 is 11.6 Å². The first-order valence-corrected chi connectivity index (χ1v) is 5.94.